The number of amides is 2. The number of H-pyrrole nitrogens is 1. The fraction of sp³-hybridized carbons (Fsp3) is 0.250. The molecule has 1 heterocycles. The van der Waals surface area contributed by atoms with Gasteiger partial charge in [-0.3, -0.25) is 4.79 Å². The van der Waals surface area contributed by atoms with E-state index in [9.17, 15) is 19.5 Å². The van der Waals surface area contributed by atoms with Crippen molar-refractivity contribution in [3.63, 3.8) is 0 Å². The van der Waals surface area contributed by atoms with E-state index in [1.165, 1.54) is 19.4 Å². The molecule has 1 unspecified atom stereocenters. The fourth-order valence-electron chi connectivity index (χ4n) is 4.00. The van der Waals surface area contributed by atoms with E-state index >= 15 is 0 Å². The molecule has 4 rings (SSSR count). The van der Waals surface area contributed by atoms with Gasteiger partial charge in [0.05, 0.1) is 6.33 Å². The van der Waals surface area contributed by atoms with Crippen LogP contribution in [0.1, 0.15) is 29.7 Å². The Morgan fingerprint density at radius 3 is 2.27 bits per heavy atom. The van der Waals surface area contributed by atoms with Crippen LogP contribution in [0.15, 0.2) is 61.1 Å². The number of fused-ring (bicyclic) bond motifs is 3. The molecule has 0 fully saturated rings. The quantitative estimate of drug-likeness (QED) is 0.418. The molecule has 0 saturated carbocycles. The average molecular weight is 448 g/mol. The molecular formula is C24H24N4O5. The number of carbonyl (C=O) groups is 3. The van der Waals surface area contributed by atoms with E-state index in [2.05, 4.69) is 20.6 Å². The van der Waals surface area contributed by atoms with E-state index in [-0.39, 0.29) is 18.9 Å². The number of alkyl carbamates (subject to hydrolysis) is 1. The number of nitrogens with zero attached hydrogens (tertiary/aromatic N) is 1. The Bertz CT molecular complexity index is 1120. The van der Waals surface area contributed by atoms with Gasteiger partial charge in [0.25, 0.3) is 0 Å². The zero-order chi connectivity index (χ0) is 23.4. The van der Waals surface area contributed by atoms with Gasteiger partial charge in [-0.25, -0.2) is 14.6 Å². The van der Waals surface area contributed by atoms with Gasteiger partial charge >= 0.3 is 12.1 Å². The molecular weight excluding hydrogens is 424 g/mol. The maximum absolute atomic E-state index is 12.4. The van der Waals surface area contributed by atoms with Crippen LogP contribution in [0.2, 0.25) is 0 Å². The number of benzene rings is 2. The summed E-state index contributed by atoms with van der Waals surface area (Å²) in [5.74, 6) is -1.92. The summed E-state index contributed by atoms with van der Waals surface area (Å²) in [5.41, 5.74) is 4.97. The molecule has 33 heavy (non-hydrogen) atoms. The van der Waals surface area contributed by atoms with Crippen molar-refractivity contribution in [2.45, 2.75) is 31.3 Å². The Morgan fingerprint density at radius 2 is 1.70 bits per heavy atom. The largest absolute Gasteiger partial charge is 0.480 e. The van der Waals surface area contributed by atoms with Crippen molar-refractivity contribution in [3.8, 4) is 11.1 Å². The normalized spacial score (nSPS) is 14.0. The third-order valence-corrected chi connectivity index (χ3v) is 5.66. The smallest absolute Gasteiger partial charge is 0.407 e. The molecule has 1 aromatic heterocycles. The van der Waals surface area contributed by atoms with Crippen LogP contribution >= 0.6 is 0 Å². The SMILES string of the molecule is C[C@@H](NC(=O)OCC1c2ccccc2-c2ccccc21)C(=O)NC(Cc1cnc[nH]1)C(=O)O. The first-order valence-corrected chi connectivity index (χ1v) is 10.6. The molecule has 9 nitrogen and oxygen atoms in total. The molecule has 1 aliphatic rings. The van der Waals surface area contributed by atoms with E-state index in [4.69, 9.17) is 4.74 Å². The second-order valence-corrected chi connectivity index (χ2v) is 7.87. The molecule has 170 valence electrons. The van der Waals surface area contributed by atoms with E-state index in [1.807, 2.05) is 48.5 Å². The zero-order valence-corrected chi connectivity index (χ0v) is 17.9. The Morgan fingerprint density at radius 1 is 1.06 bits per heavy atom. The van der Waals surface area contributed by atoms with Crippen molar-refractivity contribution in [1.29, 1.82) is 0 Å². The molecule has 0 radical (unpaired) electrons. The van der Waals surface area contributed by atoms with Crippen molar-refractivity contribution >= 4 is 18.0 Å². The lowest BCUT2D eigenvalue weighted by Gasteiger charge is -2.19. The number of aliphatic carboxylic acids is 1. The highest BCUT2D eigenvalue weighted by Gasteiger charge is 2.30. The molecule has 0 aliphatic heterocycles. The maximum atomic E-state index is 12.4. The Kier molecular flexibility index (Phi) is 6.39. The summed E-state index contributed by atoms with van der Waals surface area (Å²) in [6, 6.07) is 13.8. The van der Waals surface area contributed by atoms with Gasteiger partial charge in [0.15, 0.2) is 0 Å². The molecule has 1 aliphatic carbocycles. The summed E-state index contributed by atoms with van der Waals surface area (Å²) >= 11 is 0. The van der Waals surface area contributed by atoms with Crippen LogP contribution in [0.4, 0.5) is 4.79 Å². The van der Waals surface area contributed by atoms with E-state index < -0.39 is 30.1 Å². The molecule has 4 N–H and O–H groups in total. The van der Waals surface area contributed by atoms with Crippen LogP contribution in [0, 0.1) is 0 Å². The lowest BCUT2D eigenvalue weighted by Crippen LogP contribution is -2.51. The first-order valence-electron chi connectivity index (χ1n) is 10.6. The maximum Gasteiger partial charge on any atom is 0.407 e. The van der Waals surface area contributed by atoms with Gasteiger partial charge < -0.3 is 25.5 Å². The Balaban J connectivity index is 1.33. The highest BCUT2D eigenvalue weighted by Crippen LogP contribution is 2.44. The summed E-state index contributed by atoms with van der Waals surface area (Å²) in [5, 5.41) is 14.3. The molecule has 2 atom stereocenters. The number of rotatable bonds is 8. The number of carbonyl (C=O) groups excluding carboxylic acids is 2. The first kappa shape index (κ1) is 22.1. The van der Waals surface area contributed by atoms with E-state index in [1.54, 1.807) is 0 Å². The monoisotopic (exact) mass is 448 g/mol. The van der Waals surface area contributed by atoms with Crippen molar-refractivity contribution in [2.24, 2.45) is 0 Å². The van der Waals surface area contributed by atoms with Gasteiger partial charge in [0, 0.05) is 24.2 Å². The second-order valence-electron chi connectivity index (χ2n) is 7.87. The Hall–Kier alpha value is -4.14. The number of carboxylic acids is 1. The van der Waals surface area contributed by atoms with Crippen LogP contribution in [0.25, 0.3) is 11.1 Å². The number of aromatic nitrogens is 2. The highest BCUT2D eigenvalue weighted by molar-refractivity contribution is 5.89. The molecule has 2 amide bonds. The minimum atomic E-state index is -1.19. The van der Waals surface area contributed by atoms with Gasteiger partial charge in [-0.15, -0.1) is 0 Å². The second kappa shape index (κ2) is 9.56. The highest BCUT2D eigenvalue weighted by atomic mass is 16.5. The molecule has 0 spiro atoms. The zero-order valence-electron chi connectivity index (χ0n) is 17.9. The summed E-state index contributed by atoms with van der Waals surface area (Å²) < 4.78 is 5.44. The lowest BCUT2D eigenvalue weighted by atomic mass is 9.98. The summed E-state index contributed by atoms with van der Waals surface area (Å²) in [6.45, 7) is 1.58. The number of nitrogens with one attached hydrogen (secondary N) is 3. The molecule has 9 heteroatoms. The topological polar surface area (TPSA) is 133 Å². The number of aromatic amines is 1. The van der Waals surface area contributed by atoms with Crippen molar-refractivity contribution in [3.05, 3.63) is 77.9 Å². The van der Waals surface area contributed by atoms with E-state index in [0.717, 1.165) is 22.3 Å². The van der Waals surface area contributed by atoms with Gasteiger partial charge in [-0.1, -0.05) is 48.5 Å². The predicted molar refractivity (Wildman–Crippen MR) is 120 cm³/mol. The standard InChI is InChI=1S/C24H24N4O5/c1-14(22(29)28-21(23(30)31)10-15-11-25-13-26-15)27-24(32)33-12-20-18-8-4-2-6-16(18)17-7-3-5-9-19(17)20/h2-9,11,13-14,20-21H,10,12H2,1H3,(H,25,26)(H,27,32)(H,28,29)(H,30,31)/t14-,21?/m1/s1. The summed E-state index contributed by atoms with van der Waals surface area (Å²) in [4.78, 5) is 42.9. The molecule has 3 aromatic rings. The molecule has 2 aromatic carbocycles. The van der Waals surface area contributed by atoms with Gasteiger partial charge in [0.1, 0.15) is 18.7 Å². The minimum Gasteiger partial charge on any atom is -0.480 e. The van der Waals surface area contributed by atoms with Crippen LogP contribution in [0.5, 0.6) is 0 Å². The third kappa shape index (κ3) is 4.87. The van der Waals surface area contributed by atoms with Gasteiger partial charge in [-0.05, 0) is 29.2 Å². The summed E-state index contributed by atoms with van der Waals surface area (Å²) in [6.07, 6.45) is 2.20. The van der Waals surface area contributed by atoms with Crippen LogP contribution in [-0.4, -0.2) is 51.7 Å². The fourth-order valence-corrected chi connectivity index (χ4v) is 4.00. The van der Waals surface area contributed by atoms with Gasteiger partial charge in [0.2, 0.25) is 5.91 Å². The number of imidazole rings is 1. The predicted octanol–water partition coefficient (Wildman–Crippen LogP) is 2.45. The van der Waals surface area contributed by atoms with Crippen LogP contribution < -0.4 is 10.6 Å². The van der Waals surface area contributed by atoms with Crippen molar-refractivity contribution in [2.75, 3.05) is 6.61 Å². The van der Waals surface area contributed by atoms with Crippen molar-refractivity contribution in [1.82, 2.24) is 20.6 Å². The number of ether oxygens (including phenoxy) is 1. The number of hydrogen-bond donors (Lipinski definition) is 4. The minimum absolute atomic E-state index is 0.0404. The molecule has 0 bridgehead atoms. The Labute approximate surface area is 190 Å². The molecule has 0 saturated heterocycles. The third-order valence-electron chi connectivity index (χ3n) is 5.66. The van der Waals surface area contributed by atoms with E-state index in [0.29, 0.717) is 5.69 Å². The van der Waals surface area contributed by atoms with Crippen molar-refractivity contribution < 1.29 is 24.2 Å². The number of hydrogen-bond acceptors (Lipinski definition) is 5. The lowest BCUT2D eigenvalue weighted by molar-refractivity contribution is -0.142. The average Bonchev–Trinajstić information content (AvgIpc) is 3.43. The van der Waals surface area contributed by atoms with Crippen LogP contribution in [-0.2, 0) is 20.7 Å². The van der Waals surface area contributed by atoms with Gasteiger partial charge in [-0.2, -0.15) is 0 Å². The first-order chi connectivity index (χ1) is 15.9. The van der Waals surface area contributed by atoms with Crippen LogP contribution in [0.3, 0.4) is 0 Å². The summed E-state index contributed by atoms with van der Waals surface area (Å²) in [7, 11) is 0. The number of carboxylic acid groups (broad SMARTS) is 1.